The van der Waals surface area contributed by atoms with Crippen molar-refractivity contribution in [3.8, 4) is 0 Å². The molecule has 0 unspecified atom stereocenters. The predicted molar refractivity (Wildman–Crippen MR) is 67.2 cm³/mol. The summed E-state index contributed by atoms with van der Waals surface area (Å²) in [4.78, 5) is 13.6. The van der Waals surface area contributed by atoms with Crippen molar-refractivity contribution >= 4 is 16.9 Å². The molecule has 4 nitrogen and oxygen atoms in total. The third-order valence-electron chi connectivity index (χ3n) is 2.77. The maximum Gasteiger partial charge on any atom is 0.317 e. The molecule has 0 amide bonds. The summed E-state index contributed by atoms with van der Waals surface area (Å²) in [6.07, 6.45) is 2.82. The number of aryl methyl sites for hydroxylation is 1. The molecular formula is C13H16N2O2. The largest absolute Gasteiger partial charge is 0.480 e. The lowest BCUT2D eigenvalue weighted by Gasteiger charge is -2.01. The molecule has 3 N–H and O–H groups in total. The highest BCUT2D eigenvalue weighted by Crippen LogP contribution is 2.19. The van der Waals surface area contributed by atoms with Crippen molar-refractivity contribution in [3.05, 3.63) is 35.5 Å². The second kappa shape index (κ2) is 5.01. The maximum absolute atomic E-state index is 10.3. The molecule has 0 aliphatic rings. The Hall–Kier alpha value is -1.81. The van der Waals surface area contributed by atoms with Gasteiger partial charge in [0.1, 0.15) is 0 Å². The number of carbonyl (C=O) groups is 1. The van der Waals surface area contributed by atoms with Crippen molar-refractivity contribution in [2.24, 2.45) is 0 Å². The van der Waals surface area contributed by atoms with Gasteiger partial charge in [-0.05, 0) is 37.6 Å². The van der Waals surface area contributed by atoms with Gasteiger partial charge >= 0.3 is 5.97 Å². The normalized spacial score (nSPS) is 10.9. The zero-order chi connectivity index (χ0) is 12.3. The number of nitrogens with one attached hydrogen (secondary N) is 2. The van der Waals surface area contributed by atoms with E-state index in [0.717, 1.165) is 11.9 Å². The van der Waals surface area contributed by atoms with Gasteiger partial charge in [0.15, 0.2) is 0 Å². The van der Waals surface area contributed by atoms with Crippen LogP contribution in [-0.2, 0) is 11.2 Å². The van der Waals surface area contributed by atoms with Crippen LogP contribution in [0.15, 0.2) is 24.4 Å². The number of benzene rings is 1. The molecule has 0 aliphatic carbocycles. The number of hydrogen-bond acceptors (Lipinski definition) is 2. The van der Waals surface area contributed by atoms with Crippen molar-refractivity contribution in [3.63, 3.8) is 0 Å². The summed E-state index contributed by atoms with van der Waals surface area (Å²) in [5, 5.41) is 12.6. The number of carboxylic acid groups (broad SMARTS) is 1. The van der Waals surface area contributed by atoms with Gasteiger partial charge in [0.05, 0.1) is 6.54 Å². The standard InChI is InChI=1S/C13H16N2O2/c1-9-2-3-12-11(6-9)10(7-15-12)4-5-14-8-13(16)17/h2-3,6-7,14-15H,4-5,8H2,1H3,(H,16,17). The summed E-state index contributed by atoms with van der Waals surface area (Å²) >= 11 is 0. The van der Waals surface area contributed by atoms with Crippen LogP contribution >= 0.6 is 0 Å². The van der Waals surface area contributed by atoms with Crippen LogP contribution in [0.25, 0.3) is 10.9 Å². The summed E-state index contributed by atoms with van der Waals surface area (Å²) in [5.41, 5.74) is 3.59. The fourth-order valence-electron chi connectivity index (χ4n) is 1.92. The first kappa shape index (κ1) is 11.7. The molecule has 90 valence electrons. The Labute approximate surface area is 99.7 Å². The average Bonchev–Trinajstić information content (AvgIpc) is 2.67. The Balaban J connectivity index is 2.03. The number of carboxylic acids is 1. The molecule has 0 radical (unpaired) electrons. The van der Waals surface area contributed by atoms with Gasteiger partial charge in [0.2, 0.25) is 0 Å². The monoisotopic (exact) mass is 232 g/mol. The van der Waals surface area contributed by atoms with Gasteiger partial charge < -0.3 is 15.4 Å². The van der Waals surface area contributed by atoms with Gasteiger partial charge in [-0.1, -0.05) is 11.6 Å². The van der Waals surface area contributed by atoms with Gasteiger partial charge in [0, 0.05) is 17.1 Å². The van der Waals surface area contributed by atoms with E-state index < -0.39 is 5.97 Å². The van der Waals surface area contributed by atoms with Crippen molar-refractivity contribution in [2.75, 3.05) is 13.1 Å². The van der Waals surface area contributed by atoms with Gasteiger partial charge in [-0.3, -0.25) is 4.79 Å². The minimum atomic E-state index is -0.820. The molecule has 17 heavy (non-hydrogen) atoms. The molecule has 2 rings (SSSR count). The molecule has 4 heteroatoms. The number of hydrogen-bond donors (Lipinski definition) is 3. The van der Waals surface area contributed by atoms with Crippen molar-refractivity contribution in [2.45, 2.75) is 13.3 Å². The lowest BCUT2D eigenvalue weighted by molar-refractivity contribution is -0.135. The van der Waals surface area contributed by atoms with E-state index in [9.17, 15) is 4.79 Å². The summed E-state index contributed by atoms with van der Waals surface area (Å²) in [5.74, 6) is -0.820. The van der Waals surface area contributed by atoms with Gasteiger partial charge in [-0.25, -0.2) is 0 Å². The van der Waals surface area contributed by atoms with Crippen LogP contribution in [0.4, 0.5) is 0 Å². The molecule has 1 aromatic carbocycles. The van der Waals surface area contributed by atoms with Crippen molar-refractivity contribution in [1.82, 2.24) is 10.3 Å². The fourth-order valence-corrected chi connectivity index (χ4v) is 1.92. The molecule has 0 saturated carbocycles. The summed E-state index contributed by atoms with van der Waals surface area (Å²) < 4.78 is 0. The smallest absolute Gasteiger partial charge is 0.317 e. The van der Waals surface area contributed by atoms with Gasteiger partial charge in [-0.2, -0.15) is 0 Å². The van der Waals surface area contributed by atoms with E-state index in [1.165, 1.54) is 16.5 Å². The SMILES string of the molecule is Cc1ccc2[nH]cc(CCNCC(=O)O)c2c1. The highest BCUT2D eigenvalue weighted by molar-refractivity contribution is 5.83. The lowest BCUT2D eigenvalue weighted by Crippen LogP contribution is -2.24. The second-order valence-corrected chi connectivity index (χ2v) is 4.18. The van der Waals surface area contributed by atoms with Crippen LogP contribution < -0.4 is 5.32 Å². The Kier molecular flexibility index (Phi) is 3.44. The number of rotatable bonds is 5. The zero-order valence-electron chi connectivity index (χ0n) is 9.79. The van der Waals surface area contributed by atoms with Crippen LogP contribution in [0.5, 0.6) is 0 Å². The molecule has 0 fully saturated rings. The third kappa shape index (κ3) is 2.85. The summed E-state index contributed by atoms with van der Waals surface area (Å²) in [6, 6.07) is 6.29. The minimum absolute atomic E-state index is 0.0153. The van der Waals surface area contributed by atoms with Crippen LogP contribution in [0, 0.1) is 6.92 Å². The minimum Gasteiger partial charge on any atom is -0.480 e. The zero-order valence-corrected chi connectivity index (χ0v) is 9.79. The molecule has 0 aliphatic heterocycles. The molecule has 0 atom stereocenters. The molecule has 2 aromatic rings. The first-order chi connectivity index (χ1) is 8.16. The summed E-state index contributed by atoms with van der Waals surface area (Å²) in [6.45, 7) is 2.76. The Morgan fingerprint density at radius 3 is 3.06 bits per heavy atom. The van der Waals surface area contributed by atoms with E-state index in [-0.39, 0.29) is 6.54 Å². The van der Waals surface area contributed by atoms with Crippen LogP contribution in [-0.4, -0.2) is 29.1 Å². The second-order valence-electron chi connectivity index (χ2n) is 4.18. The first-order valence-corrected chi connectivity index (χ1v) is 5.66. The lowest BCUT2D eigenvalue weighted by atomic mass is 10.1. The Morgan fingerprint density at radius 2 is 2.29 bits per heavy atom. The van der Waals surface area contributed by atoms with E-state index in [1.54, 1.807) is 0 Å². The fraction of sp³-hybridized carbons (Fsp3) is 0.308. The molecule has 0 spiro atoms. The van der Waals surface area contributed by atoms with E-state index in [2.05, 4.69) is 35.4 Å². The van der Waals surface area contributed by atoms with Gasteiger partial charge in [-0.15, -0.1) is 0 Å². The highest BCUT2D eigenvalue weighted by atomic mass is 16.4. The van der Waals surface area contributed by atoms with Gasteiger partial charge in [0.25, 0.3) is 0 Å². The summed E-state index contributed by atoms with van der Waals surface area (Å²) in [7, 11) is 0. The molecule has 1 heterocycles. The van der Waals surface area contributed by atoms with E-state index in [1.807, 2.05) is 6.20 Å². The molecule has 1 aromatic heterocycles. The molecule has 0 bridgehead atoms. The Bertz CT molecular complexity index is 531. The number of aromatic amines is 1. The third-order valence-corrected chi connectivity index (χ3v) is 2.77. The highest BCUT2D eigenvalue weighted by Gasteiger charge is 2.03. The number of fused-ring (bicyclic) bond motifs is 1. The van der Waals surface area contributed by atoms with E-state index in [4.69, 9.17) is 5.11 Å². The molecule has 0 saturated heterocycles. The quantitative estimate of drug-likeness (QED) is 0.687. The van der Waals surface area contributed by atoms with Crippen LogP contribution in [0.1, 0.15) is 11.1 Å². The predicted octanol–water partition coefficient (Wildman–Crippen LogP) is 1.69. The van der Waals surface area contributed by atoms with E-state index >= 15 is 0 Å². The topological polar surface area (TPSA) is 65.1 Å². The number of aromatic nitrogens is 1. The van der Waals surface area contributed by atoms with Crippen molar-refractivity contribution in [1.29, 1.82) is 0 Å². The van der Waals surface area contributed by atoms with Crippen LogP contribution in [0.3, 0.4) is 0 Å². The number of H-pyrrole nitrogens is 1. The Morgan fingerprint density at radius 1 is 1.47 bits per heavy atom. The van der Waals surface area contributed by atoms with E-state index in [0.29, 0.717) is 6.54 Å². The van der Waals surface area contributed by atoms with Crippen LogP contribution in [0.2, 0.25) is 0 Å². The first-order valence-electron chi connectivity index (χ1n) is 5.66. The maximum atomic E-state index is 10.3. The number of aliphatic carboxylic acids is 1. The van der Waals surface area contributed by atoms with Crippen molar-refractivity contribution < 1.29 is 9.90 Å². The molecular weight excluding hydrogens is 216 g/mol. The average molecular weight is 232 g/mol.